The van der Waals surface area contributed by atoms with Crippen LogP contribution in [0.4, 0.5) is 20.8 Å². The Morgan fingerprint density at radius 3 is 2.71 bits per heavy atom. The average molecular weight is 386 g/mol. The number of nitrogens with one attached hydrogen (secondary N) is 4. The van der Waals surface area contributed by atoms with Crippen LogP contribution in [-0.4, -0.2) is 41.0 Å². The summed E-state index contributed by atoms with van der Waals surface area (Å²) in [5.74, 6) is 0.748. The Labute approximate surface area is 161 Å². The van der Waals surface area contributed by atoms with Crippen molar-refractivity contribution in [1.29, 1.82) is 0 Å². The van der Waals surface area contributed by atoms with Gasteiger partial charge in [-0.1, -0.05) is 12.1 Å². The number of benzene rings is 1. The maximum Gasteiger partial charge on any atom is 0.320 e. The van der Waals surface area contributed by atoms with Crippen LogP contribution >= 0.6 is 0 Å². The van der Waals surface area contributed by atoms with Crippen molar-refractivity contribution in [1.82, 2.24) is 20.5 Å². The summed E-state index contributed by atoms with van der Waals surface area (Å²) >= 11 is 0. The van der Waals surface area contributed by atoms with E-state index in [4.69, 9.17) is 4.74 Å². The van der Waals surface area contributed by atoms with E-state index in [2.05, 4.69) is 31.1 Å². The number of H-pyrrole nitrogens is 1. The summed E-state index contributed by atoms with van der Waals surface area (Å²) in [7, 11) is 1.53. The molecular weight excluding hydrogens is 363 g/mol. The van der Waals surface area contributed by atoms with Gasteiger partial charge in [0, 0.05) is 25.4 Å². The Bertz CT molecular complexity index is 941. The molecule has 0 fully saturated rings. The first-order valence-corrected chi connectivity index (χ1v) is 8.89. The smallest absolute Gasteiger partial charge is 0.320 e. The van der Waals surface area contributed by atoms with Gasteiger partial charge >= 0.3 is 6.03 Å². The Balaban J connectivity index is 1.69. The van der Waals surface area contributed by atoms with Crippen molar-refractivity contribution in [3.05, 3.63) is 47.9 Å². The standard InChI is InChI=1S/C19H23FN6O2/c1-11(2)22-18-14-9-21-17(8-15(14)25-26-18)24-19(27)23-16(10-28-3)12-4-6-13(20)7-5-12/h4-9,11,16H,10H2,1-3H3,(H2,22,25,26)(H2,21,23,24,27). The second-order valence-electron chi connectivity index (χ2n) is 6.64. The molecule has 148 valence electrons. The fraction of sp³-hybridized carbons (Fsp3) is 0.316. The van der Waals surface area contributed by atoms with Crippen molar-refractivity contribution in [2.24, 2.45) is 0 Å². The number of methoxy groups -OCH3 is 1. The first-order valence-electron chi connectivity index (χ1n) is 8.89. The number of hydrogen-bond donors (Lipinski definition) is 4. The van der Waals surface area contributed by atoms with Crippen molar-refractivity contribution in [3.63, 3.8) is 0 Å². The molecule has 3 aromatic rings. The van der Waals surface area contributed by atoms with E-state index in [0.717, 1.165) is 16.5 Å². The van der Waals surface area contributed by atoms with Crippen LogP contribution in [0.3, 0.4) is 0 Å². The predicted molar refractivity (Wildman–Crippen MR) is 106 cm³/mol. The Kier molecular flexibility index (Phi) is 6.05. The van der Waals surface area contributed by atoms with Gasteiger partial charge in [-0.2, -0.15) is 5.10 Å². The van der Waals surface area contributed by atoms with E-state index in [1.807, 2.05) is 13.8 Å². The number of rotatable bonds is 7. The molecule has 2 amide bonds. The van der Waals surface area contributed by atoms with E-state index < -0.39 is 12.1 Å². The second-order valence-corrected chi connectivity index (χ2v) is 6.64. The molecule has 0 aliphatic carbocycles. The van der Waals surface area contributed by atoms with E-state index in [9.17, 15) is 9.18 Å². The van der Waals surface area contributed by atoms with Gasteiger partial charge in [0.05, 0.1) is 23.6 Å². The minimum atomic E-state index is -0.446. The molecule has 0 aliphatic rings. The summed E-state index contributed by atoms with van der Waals surface area (Å²) in [6, 6.07) is 6.97. The van der Waals surface area contributed by atoms with Gasteiger partial charge in [0.15, 0.2) is 5.82 Å². The number of anilines is 2. The van der Waals surface area contributed by atoms with Crippen LogP contribution in [0.15, 0.2) is 36.5 Å². The lowest BCUT2D eigenvalue weighted by Crippen LogP contribution is -2.35. The minimum absolute atomic E-state index is 0.235. The highest BCUT2D eigenvalue weighted by Crippen LogP contribution is 2.22. The Morgan fingerprint density at radius 1 is 1.29 bits per heavy atom. The molecule has 1 atom stereocenters. The number of carbonyl (C=O) groups is 1. The number of aromatic nitrogens is 3. The summed E-state index contributed by atoms with van der Waals surface area (Å²) in [6.45, 7) is 4.29. The van der Waals surface area contributed by atoms with Gasteiger partial charge in [-0.3, -0.25) is 10.4 Å². The van der Waals surface area contributed by atoms with E-state index >= 15 is 0 Å². The van der Waals surface area contributed by atoms with Crippen LogP contribution in [0, 0.1) is 5.82 Å². The number of carbonyl (C=O) groups excluding carboxylic acids is 1. The first kappa shape index (κ1) is 19.6. The molecule has 2 heterocycles. The number of aromatic amines is 1. The molecule has 0 saturated carbocycles. The van der Waals surface area contributed by atoms with Crippen LogP contribution in [0.1, 0.15) is 25.5 Å². The van der Waals surface area contributed by atoms with Gasteiger partial charge in [0.1, 0.15) is 11.6 Å². The van der Waals surface area contributed by atoms with Crippen molar-refractivity contribution < 1.29 is 13.9 Å². The lowest BCUT2D eigenvalue weighted by atomic mass is 10.1. The average Bonchev–Trinajstić information content (AvgIpc) is 3.03. The molecule has 0 bridgehead atoms. The third-order valence-electron chi connectivity index (χ3n) is 4.03. The molecule has 1 aromatic carbocycles. The molecule has 4 N–H and O–H groups in total. The second kappa shape index (κ2) is 8.66. The van der Waals surface area contributed by atoms with E-state index in [1.165, 1.54) is 19.2 Å². The number of halogens is 1. The molecule has 0 aliphatic heterocycles. The maximum absolute atomic E-state index is 13.1. The molecule has 0 spiro atoms. The topological polar surface area (TPSA) is 104 Å². The number of fused-ring (bicyclic) bond motifs is 1. The number of pyridine rings is 1. The molecule has 0 saturated heterocycles. The quantitative estimate of drug-likeness (QED) is 0.498. The van der Waals surface area contributed by atoms with Crippen LogP contribution in [-0.2, 0) is 4.74 Å². The van der Waals surface area contributed by atoms with Gasteiger partial charge in [-0.05, 0) is 31.5 Å². The van der Waals surface area contributed by atoms with Gasteiger partial charge in [-0.15, -0.1) is 0 Å². The lowest BCUT2D eigenvalue weighted by Gasteiger charge is -2.18. The first-order chi connectivity index (χ1) is 13.5. The number of amides is 2. The van der Waals surface area contributed by atoms with Crippen LogP contribution in [0.25, 0.3) is 10.9 Å². The largest absolute Gasteiger partial charge is 0.382 e. The maximum atomic E-state index is 13.1. The molecule has 3 rings (SSSR count). The number of ether oxygens (including phenoxy) is 1. The van der Waals surface area contributed by atoms with Crippen LogP contribution in [0.5, 0.6) is 0 Å². The number of nitrogens with zero attached hydrogens (tertiary/aromatic N) is 2. The fourth-order valence-corrected chi connectivity index (χ4v) is 2.76. The molecule has 9 heteroatoms. The van der Waals surface area contributed by atoms with Gasteiger partial charge in [0.2, 0.25) is 0 Å². The summed E-state index contributed by atoms with van der Waals surface area (Å²) in [5, 5.41) is 16.7. The molecule has 0 radical (unpaired) electrons. The molecular formula is C19H23FN6O2. The molecule has 1 unspecified atom stereocenters. The highest BCUT2D eigenvalue weighted by Gasteiger charge is 2.16. The van der Waals surface area contributed by atoms with Crippen molar-refractivity contribution in [2.75, 3.05) is 24.4 Å². The summed E-state index contributed by atoms with van der Waals surface area (Å²) in [6.07, 6.45) is 1.64. The van der Waals surface area contributed by atoms with Crippen LogP contribution < -0.4 is 16.0 Å². The minimum Gasteiger partial charge on any atom is -0.382 e. The predicted octanol–water partition coefficient (Wildman–Crippen LogP) is 3.43. The normalized spacial score (nSPS) is 12.2. The molecule has 28 heavy (non-hydrogen) atoms. The van der Waals surface area contributed by atoms with Gasteiger partial charge in [0.25, 0.3) is 0 Å². The number of urea groups is 1. The zero-order valence-electron chi connectivity index (χ0n) is 15.9. The van der Waals surface area contributed by atoms with Crippen molar-refractivity contribution >= 4 is 28.6 Å². The Morgan fingerprint density at radius 2 is 2.04 bits per heavy atom. The molecule has 8 nitrogen and oxygen atoms in total. The Hall–Kier alpha value is -3.20. The van der Waals surface area contributed by atoms with Crippen LogP contribution in [0.2, 0.25) is 0 Å². The zero-order valence-corrected chi connectivity index (χ0v) is 15.9. The van der Waals surface area contributed by atoms with Gasteiger partial charge in [-0.25, -0.2) is 14.2 Å². The summed E-state index contributed by atoms with van der Waals surface area (Å²) in [4.78, 5) is 16.7. The highest BCUT2D eigenvalue weighted by molar-refractivity contribution is 5.94. The van der Waals surface area contributed by atoms with E-state index in [0.29, 0.717) is 11.6 Å². The lowest BCUT2D eigenvalue weighted by molar-refractivity contribution is 0.168. The van der Waals surface area contributed by atoms with Crippen molar-refractivity contribution in [2.45, 2.75) is 25.9 Å². The summed E-state index contributed by atoms with van der Waals surface area (Å²) in [5.41, 5.74) is 1.49. The highest BCUT2D eigenvalue weighted by atomic mass is 19.1. The molecule has 2 aromatic heterocycles. The van der Waals surface area contributed by atoms with E-state index in [1.54, 1.807) is 24.4 Å². The monoisotopic (exact) mass is 386 g/mol. The fourth-order valence-electron chi connectivity index (χ4n) is 2.76. The summed E-state index contributed by atoms with van der Waals surface area (Å²) < 4.78 is 18.3. The van der Waals surface area contributed by atoms with Crippen molar-refractivity contribution in [3.8, 4) is 0 Å². The third-order valence-corrected chi connectivity index (χ3v) is 4.03. The zero-order chi connectivity index (χ0) is 20.1. The van der Waals surface area contributed by atoms with E-state index in [-0.39, 0.29) is 18.5 Å². The third kappa shape index (κ3) is 4.74. The number of hydrogen-bond acceptors (Lipinski definition) is 5. The van der Waals surface area contributed by atoms with Gasteiger partial charge < -0.3 is 15.4 Å². The SMILES string of the molecule is COCC(NC(=O)Nc1cc2[nH]nc(NC(C)C)c2cn1)c1ccc(F)cc1.